The molecule has 0 bridgehead atoms. The lowest BCUT2D eigenvalue weighted by Gasteiger charge is -2.09. The summed E-state index contributed by atoms with van der Waals surface area (Å²) in [5, 5.41) is 11.4. The van der Waals surface area contributed by atoms with E-state index in [0.717, 1.165) is 23.6 Å². The van der Waals surface area contributed by atoms with Crippen LogP contribution in [0.3, 0.4) is 0 Å². The lowest BCUT2D eigenvalue weighted by molar-refractivity contribution is 0.166. The largest absolute Gasteiger partial charge is 0.388 e. The van der Waals surface area contributed by atoms with Crippen molar-refractivity contribution in [1.82, 2.24) is 0 Å². The quantitative estimate of drug-likeness (QED) is 0.808. The van der Waals surface area contributed by atoms with E-state index in [-0.39, 0.29) is 6.10 Å². The van der Waals surface area contributed by atoms with E-state index in [1.165, 1.54) is 16.5 Å². The Balaban J connectivity index is 2.01. The summed E-state index contributed by atoms with van der Waals surface area (Å²) in [5.74, 6) is 0.726. The van der Waals surface area contributed by atoms with Gasteiger partial charge in [-0.15, -0.1) is 11.3 Å². The predicted octanol–water partition coefficient (Wildman–Crippen LogP) is 4.76. The third-order valence-corrected chi connectivity index (χ3v) is 4.25. The Bertz CT molecular complexity index is 439. The first-order valence-corrected chi connectivity index (χ1v) is 7.15. The second-order valence-electron chi connectivity index (χ2n) is 5.03. The van der Waals surface area contributed by atoms with Crippen LogP contribution in [0.4, 0.5) is 0 Å². The van der Waals surface area contributed by atoms with Crippen molar-refractivity contribution in [2.24, 2.45) is 5.92 Å². The maximum Gasteiger partial charge on any atom is 0.0882 e. The highest BCUT2D eigenvalue weighted by Crippen LogP contribution is 2.32. The summed E-state index contributed by atoms with van der Waals surface area (Å²) in [6.07, 6.45) is 2.89. The van der Waals surface area contributed by atoms with Crippen molar-refractivity contribution in [2.45, 2.75) is 39.2 Å². The predicted molar refractivity (Wildman–Crippen MR) is 75.5 cm³/mol. The van der Waals surface area contributed by atoms with Gasteiger partial charge < -0.3 is 5.11 Å². The third-order valence-electron chi connectivity index (χ3n) is 3.03. The normalized spacial score (nSPS) is 13.4. The van der Waals surface area contributed by atoms with Crippen molar-refractivity contribution in [3.63, 3.8) is 0 Å². The van der Waals surface area contributed by atoms with Crippen LogP contribution in [0.5, 0.6) is 0 Å². The van der Waals surface area contributed by atoms with Crippen LogP contribution in [-0.2, 0) is 0 Å². The average Bonchev–Trinajstić information content (AvgIpc) is 2.71. The number of benzene rings is 1. The molecule has 1 heterocycles. The fourth-order valence-electron chi connectivity index (χ4n) is 2.03. The zero-order chi connectivity index (χ0) is 12.3. The van der Waals surface area contributed by atoms with Gasteiger partial charge in [-0.05, 0) is 29.9 Å². The van der Waals surface area contributed by atoms with Crippen molar-refractivity contribution in [2.75, 3.05) is 0 Å². The Morgan fingerprint density at radius 1 is 1.18 bits per heavy atom. The van der Waals surface area contributed by atoms with Crippen LogP contribution in [0.15, 0.2) is 30.3 Å². The minimum absolute atomic E-state index is 0.286. The van der Waals surface area contributed by atoms with Crippen LogP contribution >= 0.6 is 11.3 Å². The molecule has 1 aromatic heterocycles. The molecule has 0 amide bonds. The molecular formula is C15H20OS. The van der Waals surface area contributed by atoms with E-state index in [0.29, 0.717) is 0 Å². The summed E-state index contributed by atoms with van der Waals surface area (Å²) >= 11 is 1.71. The second kappa shape index (κ2) is 5.65. The van der Waals surface area contributed by atoms with Gasteiger partial charge in [-0.1, -0.05) is 44.9 Å². The highest BCUT2D eigenvalue weighted by molar-refractivity contribution is 7.19. The van der Waals surface area contributed by atoms with E-state index >= 15 is 0 Å². The van der Waals surface area contributed by atoms with Gasteiger partial charge in [0.1, 0.15) is 0 Å². The lowest BCUT2D eigenvalue weighted by Crippen LogP contribution is -1.96. The fourth-order valence-corrected chi connectivity index (χ4v) is 3.11. The van der Waals surface area contributed by atoms with Crippen LogP contribution in [0.1, 0.15) is 44.1 Å². The first-order chi connectivity index (χ1) is 8.16. The van der Waals surface area contributed by atoms with Crippen molar-refractivity contribution >= 4 is 21.4 Å². The van der Waals surface area contributed by atoms with Crippen LogP contribution in [0, 0.1) is 5.92 Å². The van der Waals surface area contributed by atoms with E-state index in [1.807, 2.05) is 12.1 Å². The molecule has 0 radical (unpaired) electrons. The van der Waals surface area contributed by atoms with Gasteiger partial charge in [0.25, 0.3) is 0 Å². The molecule has 2 heteroatoms. The molecule has 1 nitrogen and oxygen atoms in total. The van der Waals surface area contributed by atoms with Gasteiger partial charge in [0.15, 0.2) is 0 Å². The van der Waals surface area contributed by atoms with E-state index in [9.17, 15) is 5.11 Å². The summed E-state index contributed by atoms with van der Waals surface area (Å²) in [6, 6.07) is 10.4. The van der Waals surface area contributed by atoms with Gasteiger partial charge in [-0.2, -0.15) is 0 Å². The van der Waals surface area contributed by atoms with E-state index in [1.54, 1.807) is 11.3 Å². The molecule has 0 saturated heterocycles. The molecule has 1 N–H and O–H groups in total. The first-order valence-electron chi connectivity index (χ1n) is 6.33. The van der Waals surface area contributed by atoms with Gasteiger partial charge in [0.05, 0.1) is 6.10 Å². The minimum Gasteiger partial charge on any atom is -0.388 e. The SMILES string of the molecule is CC(C)CCCC(O)c1cc2ccccc2s1. The fraction of sp³-hybridized carbons (Fsp3) is 0.467. The Kier molecular flexibility index (Phi) is 4.19. The Morgan fingerprint density at radius 2 is 1.94 bits per heavy atom. The van der Waals surface area contributed by atoms with Gasteiger partial charge in [-0.25, -0.2) is 0 Å². The molecule has 0 fully saturated rings. The summed E-state index contributed by atoms with van der Waals surface area (Å²) in [5.41, 5.74) is 0. The van der Waals surface area contributed by atoms with Gasteiger partial charge in [0.2, 0.25) is 0 Å². The highest BCUT2D eigenvalue weighted by Gasteiger charge is 2.11. The number of aliphatic hydroxyl groups is 1. The Morgan fingerprint density at radius 3 is 2.65 bits per heavy atom. The van der Waals surface area contributed by atoms with Crippen LogP contribution in [-0.4, -0.2) is 5.11 Å². The van der Waals surface area contributed by atoms with E-state index < -0.39 is 0 Å². The molecule has 0 spiro atoms. The minimum atomic E-state index is -0.286. The summed E-state index contributed by atoms with van der Waals surface area (Å²) in [4.78, 5) is 1.11. The number of hydrogen-bond acceptors (Lipinski definition) is 2. The molecule has 0 saturated carbocycles. The maximum absolute atomic E-state index is 10.1. The molecule has 1 atom stereocenters. The number of rotatable bonds is 5. The number of thiophene rings is 1. The number of hydrogen-bond donors (Lipinski definition) is 1. The molecule has 0 aliphatic carbocycles. The second-order valence-corrected chi connectivity index (χ2v) is 6.14. The van der Waals surface area contributed by atoms with Crippen LogP contribution in [0.2, 0.25) is 0 Å². The van der Waals surface area contributed by atoms with Crippen molar-refractivity contribution in [3.05, 3.63) is 35.2 Å². The molecule has 1 aromatic carbocycles. The molecule has 2 rings (SSSR count). The summed E-state index contributed by atoms with van der Waals surface area (Å²) in [7, 11) is 0. The lowest BCUT2D eigenvalue weighted by atomic mass is 10.0. The molecule has 2 aromatic rings. The van der Waals surface area contributed by atoms with Gasteiger partial charge >= 0.3 is 0 Å². The topological polar surface area (TPSA) is 20.2 Å². The Labute approximate surface area is 107 Å². The van der Waals surface area contributed by atoms with Gasteiger partial charge in [-0.3, -0.25) is 0 Å². The Hall–Kier alpha value is -0.860. The maximum atomic E-state index is 10.1. The highest BCUT2D eigenvalue weighted by atomic mass is 32.1. The van der Waals surface area contributed by atoms with Crippen LogP contribution in [0.25, 0.3) is 10.1 Å². The van der Waals surface area contributed by atoms with E-state index in [4.69, 9.17) is 0 Å². The average molecular weight is 248 g/mol. The zero-order valence-electron chi connectivity index (χ0n) is 10.5. The zero-order valence-corrected chi connectivity index (χ0v) is 11.3. The van der Waals surface area contributed by atoms with Crippen molar-refractivity contribution < 1.29 is 5.11 Å². The molecule has 0 aliphatic rings. The molecule has 17 heavy (non-hydrogen) atoms. The van der Waals surface area contributed by atoms with Crippen molar-refractivity contribution in [3.8, 4) is 0 Å². The first kappa shape index (κ1) is 12.6. The number of aliphatic hydroxyl groups excluding tert-OH is 1. The molecular weight excluding hydrogens is 228 g/mol. The summed E-state index contributed by atoms with van der Waals surface area (Å²) in [6.45, 7) is 4.46. The summed E-state index contributed by atoms with van der Waals surface area (Å²) < 4.78 is 1.27. The van der Waals surface area contributed by atoms with Gasteiger partial charge in [0, 0.05) is 9.58 Å². The third kappa shape index (κ3) is 3.30. The van der Waals surface area contributed by atoms with Crippen molar-refractivity contribution in [1.29, 1.82) is 0 Å². The monoisotopic (exact) mass is 248 g/mol. The number of fused-ring (bicyclic) bond motifs is 1. The molecule has 1 unspecified atom stereocenters. The van der Waals surface area contributed by atoms with E-state index in [2.05, 4.69) is 32.0 Å². The van der Waals surface area contributed by atoms with Crippen LogP contribution < -0.4 is 0 Å². The standard InChI is InChI=1S/C15H20OS/c1-11(2)6-5-8-13(16)15-10-12-7-3-4-9-14(12)17-15/h3-4,7,9-11,13,16H,5-6,8H2,1-2H3. The molecule has 92 valence electrons. The molecule has 0 aliphatic heterocycles. The smallest absolute Gasteiger partial charge is 0.0882 e.